The first-order valence-electron chi connectivity index (χ1n) is 8.93. The van der Waals surface area contributed by atoms with E-state index in [-0.39, 0.29) is 5.91 Å². The third kappa shape index (κ3) is 4.35. The van der Waals surface area contributed by atoms with Crippen molar-refractivity contribution in [3.8, 4) is 10.6 Å². The van der Waals surface area contributed by atoms with Crippen LogP contribution in [0.25, 0.3) is 10.6 Å². The molecule has 0 saturated carbocycles. The average Bonchev–Trinajstić information content (AvgIpc) is 3.13. The number of aryl methyl sites for hydroxylation is 1. The van der Waals surface area contributed by atoms with Crippen molar-refractivity contribution in [1.29, 1.82) is 0 Å². The fourth-order valence-corrected chi connectivity index (χ4v) is 3.73. The number of anilines is 1. The number of hydrogen-bond donors (Lipinski definition) is 0. The summed E-state index contributed by atoms with van der Waals surface area (Å²) in [5.41, 5.74) is 3.25. The lowest BCUT2D eigenvalue weighted by molar-refractivity contribution is -0.118. The average molecular weight is 366 g/mol. The number of unbranched alkanes of at least 4 members (excludes halogenated alkanes) is 1. The molecule has 26 heavy (non-hydrogen) atoms. The third-order valence-corrected chi connectivity index (χ3v) is 5.23. The maximum Gasteiger partial charge on any atom is 0.233 e. The lowest BCUT2D eigenvalue weighted by Crippen LogP contribution is -2.33. The van der Waals surface area contributed by atoms with Crippen LogP contribution in [-0.2, 0) is 11.2 Å². The Morgan fingerprint density at radius 3 is 2.50 bits per heavy atom. The zero-order chi connectivity index (χ0) is 18.4. The van der Waals surface area contributed by atoms with Gasteiger partial charge in [-0.2, -0.15) is 0 Å². The predicted octanol–water partition coefficient (Wildman–Crippen LogP) is 4.89. The second kappa shape index (κ2) is 8.72. The van der Waals surface area contributed by atoms with Crippen molar-refractivity contribution in [2.24, 2.45) is 0 Å². The Morgan fingerprint density at radius 1 is 1.04 bits per heavy atom. The summed E-state index contributed by atoms with van der Waals surface area (Å²) in [7, 11) is 0. The molecule has 0 N–H and O–H groups in total. The summed E-state index contributed by atoms with van der Waals surface area (Å²) in [5, 5.41) is 10.2. The summed E-state index contributed by atoms with van der Waals surface area (Å²) < 4.78 is 0. The molecule has 5 heteroatoms. The van der Waals surface area contributed by atoms with E-state index in [0.29, 0.717) is 18.1 Å². The highest BCUT2D eigenvalue weighted by Gasteiger charge is 2.20. The molecule has 0 aliphatic rings. The Hall–Kier alpha value is -2.53. The van der Waals surface area contributed by atoms with Gasteiger partial charge in [-0.25, -0.2) is 0 Å². The van der Waals surface area contributed by atoms with Gasteiger partial charge in [-0.1, -0.05) is 79.3 Å². The maximum absolute atomic E-state index is 12.9. The number of nitrogens with zero attached hydrogens (tertiary/aromatic N) is 3. The number of amides is 1. The van der Waals surface area contributed by atoms with E-state index in [1.54, 1.807) is 4.90 Å². The molecule has 0 spiro atoms. The normalized spacial score (nSPS) is 10.7. The Bertz CT molecular complexity index is 860. The van der Waals surface area contributed by atoms with Crippen molar-refractivity contribution in [2.45, 2.75) is 33.1 Å². The van der Waals surface area contributed by atoms with Gasteiger partial charge in [-0.3, -0.25) is 9.69 Å². The highest BCUT2D eigenvalue weighted by atomic mass is 32.1. The van der Waals surface area contributed by atoms with Crippen LogP contribution in [0, 0.1) is 6.92 Å². The highest BCUT2D eigenvalue weighted by molar-refractivity contribution is 7.18. The minimum Gasteiger partial charge on any atom is -0.286 e. The molecule has 134 valence electrons. The molecular formula is C21H23N3OS. The fourth-order valence-electron chi connectivity index (χ4n) is 2.76. The minimum absolute atomic E-state index is 0.0668. The summed E-state index contributed by atoms with van der Waals surface area (Å²) >= 11 is 1.48. The van der Waals surface area contributed by atoms with Crippen molar-refractivity contribution >= 4 is 22.4 Å². The van der Waals surface area contributed by atoms with Gasteiger partial charge < -0.3 is 0 Å². The smallest absolute Gasteiger partial charge is 0.233 e. The molecule has 0 atom stereocenters. The fraction of sp³-hybridized carbons (Fsp3) is 0.286. The summed E-state index contributed by atoms with van der Waals surface area (Å²) in [6, 6.07) is 18.0. The molecule has 3 aromatic rings. The first-order valence-corrected chi connectivity index (χ1v) is 9.74. The van der Waals surface area contributed by atoms with E-state index in [9.17, 15) is 4.79 Å². The van der Waals surface area contributed by atoms with Crippen LogP contribution in [-0.4, -0.2) is 22.6 Å². The van der Waals surface area contributed by atoms with E-state index < -0.39 is 0 Å². The third-order valence-electron chi connectivity index (χ3n) is 4.26. The van der Waals surface area contributed by atoms with E-state index in [2.05, 4.69) is 30.1 Å². The molecule has 0 unspecified atom stereocenters. The molecule has 0 fully saturated rings. The number of hydrogen-bond acceptors (Lipinski definition) is 4. The standard InChI is InChI=1S/C21H23N3OS/c1-3-4-14-24(19(25)15-17-11-6-5-7-12-17)21-23-22-20(26-21)18-13-9-8-10-16(18)2/h5-13H,3-4,14-15H2,1-2H3. The first-order chi connectivity index (χ1) is 12.7. The van der Waals surface area contributed by atoms with Gasteiger partial charge in [0.15, 0.2) is 0 Å². The molecule has 0 saturated heterocycles. The first kappa shape index (κ1) is 18.3. The number of rotatable bonds is 7. The quantitative estimate of drug-likeness (QED) is 0.599. The number of carbonyl (C=O) groups excluding carboxylic acids is 1. The molecule has 1 amide bonds. The topological polar surface area (TPSA) is 46.1 Å². The summed E-state index contributed by atoms with van der Waals surface area (Å²) in [4.78, 5) is 14.7. The summed E-state index contributed by atoms with van der Waals surface area (Å²) in [6.45, 7) is 4.86. The van der Waals surface area contributed by atoms with Crippen molar-refractivity contribution in [2.75, 3.05) is 11.4 Å². The lowest BCUT2D eigenvalue weighted by atomic mass is 10.1. The van der Waals surface area contributed by atoms with Crippen LogP contribution in [0.5, 0.6) is 0 Å². The van der Waals surface area contributed by atoms with Crippen LogP contribution < -0.4 is 4.90 Å². The number of carbonyl (C=O) groups is 1. The van der Waals surface area contributed by atoms with Crippen LogP contribution in [0.1, 0.15) is 30.9 Å². The van der Waals surface area contributed by atoms with Gasteiger partial charge in [0.25, 0.3) is 0 Å². The molecule has 4 nitrogen and oxygen atoms in total. The predicted molar refractivity (Wildman–Crippen MR) is 107 cm³/mol. The Kier molecular flexibility index (Phi) is 6.12. The van der Waals surface area contributed by atoms with E-state index in [1.807, 2.05) is 48.5 Å². The van der Waals surface area contributed by atoms with Crippen LogP contribution in [0.4, 0.5) is 5.13 Å². The van der Waals surface area contributed by atoms with Gasteiger partial charge in [0.2, 0.25) is 11.0 Å². The van der Waals surface area contributed by atoms with Gasteiger partial charge in [-0.05, 0) is 24.5 Å². The second-order valence-corrected chi connectivity index (χ2v) is 7.22. The van der Waals surface area contributed by atoms with Gasteiger partial charge in [0.1, 0.15) is 5.01 Å². The molecule has 1 aromatic heterocycles. The van der Waals surface area contributed by atoms with E-state index in [4.69, 9.17) is 0 Å². The Labute approximate surface area is 158 Å². The maximum atomic E-state index is 12.9. The molecule has 0 radical (unpaired) electrons. The lowest BCUT2D eigenvalue weighted by Gasteiger charge is -2.19. The van der Waals surface area contributed by atoms with Crippen LogP contribution in [0.3, 0.4) is 0 Å². The second-order valence-electron chi connectivity index (χ2n) is 6.27. The number of aromatic nitrogens is 2. The summed E-state index contributed by atoms with van der Waals surface area (Å²) in [6.07, 6.45) is 2.35. The van der Waals surface area contributed by atoms with Gasteiger partial charge >= 0.3 is 0 Å². The van der Waals surface area contributed by atoms with Crippen molar-refractivity contribution in [1.82, 2.24) is 10.2 Å². The zero-order valence-corrected chi connectivity index (χ0v) is 16.0. The van der Waals surface area contributed by atoms with Crippen LogP contribution in [0.2, 0.25) is 0 Å². The summed E-state index contributed by atoms with van der Waals surface area (Å²) in [5.74, 6) is 0.0668. The molecule has 1 heterocycles. The van der Waals surface area contributed by atoms with Gasteiger partial charge in [0, 0.05) is 12.1 Å². The van der Waals surface area contributed by atoms with E-state index in [0.717, 1.165) is 34.5 Å². The molecule has 0 aliphatic heterocycles. The Morgan fingerprint density at radius 2 is 1.77 bits per heavy atom. The number of benzene rings is 2. The molecule has 0 bridgehead atoms. The molecular weight excluding hydrogens is 342 g/mol. The monoisotopic (exact) mass is 365 g/mol. The van der Waals surface area contributed by atoms with Gasteiger partial charge in [0.05, 0.1) is 6.42 Å². The van der Waals surface area contributed by atoms with E-state index in [1.165, 1.54) is 11.3 Å². The van der Waals surface area contributed by atoms with Crippen molar-refractivity contribution < 1.29 is 4.79 Å². The van der Waals surface area contributed by atoms with Crippen molar-refractivity contribution in [3.05, 3.63) is 65.7 Å². The Balaban J connectivity index is 1.84. The molecule has 0 aliphatic carbocycles. The van der Waals surface area contributed by atoms with Crippen molar-refractivity contribution in [3.63, 3.8) is 0 Å². The largest absolute Gasteiger partial charge is 0.286 e. The zero-order valence-electron chi connectivity index (χ0n) is 15.2. The van der Waals surface area contributed by atoms with Crippen LogP contribution in [0.15, 0.2) is 54.6 Å². The van der Waals surface area contributed by atoms with E-state index >= 15 is 0 Å². The molecule has 3 rings (SSSR count). The van der Waals surface area contributed by atoms with Crippen LogP contribution >= 0.6 is 11.3 Å². The minimum atomic E-state index is 0.0668. The molecule has 2 aromatic carbocycles. The SMILES string of the molecule is CCCCN(C(=O)Cc1ccccc1)c1nnc(-c2ccccc2C)s1. The highest BCUT2D eigenvalue weighted by Crippen LogP contribution is 2.31. The van der Waals surface area contributed by atoms with Gasteiger partial charge in [-0.15, -0.1) is 10.2 Å².